The van der Waals surface area contributed by atoms with Crippen LogP contribution in [-0.4, -0.2) is 55.1 Å². The molecule has 0 aromatic carbocycles. The van der Waals surface area contributed by atoms with Gasteiger partial charge >= 0.3 is 6.09 Å². The predicted octanol–water partition coefficient (Wildman–Crippen LogP) is 2.84. The third kappa shape index (κ3) is 6.99. The molecule has 1 heterocycles. The van der Waals surface area contributed by atoms with E-state index in [9.17, 15) is 14.4 Å². The summed E-state index contributed by atoms with van der Waals surface area (Å²) in [5, 5.41) is 6.19. The molecule has 7 heteroatoms. The standard InChI is InChI=1S/C21H37N3O4/c1-3-5-6-13-22-19(25)16-7-9-17(10-8-16)20(26)23-18-11-14-24(15-12-18)21(27)28-4-2/h16-18H,3-15H2,1-2H3,(H,22,25)(H,23,26). The highest BCUT2D eigenvalue weighted by molar-refractivity contribution is 5.81. The summed E-state index contributed by atoms with van der Waals surface area (Å²) in [5.74, 6) is 0.323. The molecule has 0 aromatic rings. The number of hydrogen-bond donors (Lipinski definition) is 2. The molecule has 2 rings (SSSR count). The fourth-order valence-corrected chi connectivity index (χ4v) is 4.09. The Bertz CT molecular complexity index is 510. The number of ether oxygens (including phenoxy) is 1. The Balaban J connectivity index is 1.64. The summed E-state index contributed by atoms with van der Waals surface area (Å²) in [4.78, 5) is 38.3. The van der Waals surface area contributed by atoms with Gasteiger partial charge in [0.05, 0.1) is 6.61 Å². The van der Waals surface area contributed by atoms with Crippen LogP contribution in [0.3, 0.4) is 0 Å². The first-order chi connectivity index (χ1) is 13.5. The lowest BCUT2D eigenvalue weighted by Gasteiger charge is -2.33. The molecule has 1 saturated carbocycles. The number of nitrogens with zero attached hydrogens (tertiary/aromatic N) is 1. The van der Waals surface area contributed by atoms with Gasteiger partial charge in [0.1, 0.15) is 0 Å². The molecule has 0 radical (unpaired) electrons. The van der Waals surface area contributed by atoms with E-state index in [0.717, 1.165) is 64.3 Å². The molecule has 1 saturated heterocycles. The van der Waals surface area contributed by atoms with Crippen LogP contribution in [0.15, 0.2) is 0 Å². The van der Waals surface area contributed by atoms with Gasteiger partial charge in [0.25, 0.3) is 0 Å². The molecule has 28 heavy (non-hydrogen) atoms. The van der Waals surface area contributed by atoms with Crippen molar-refractivity contribution in [1.29, 1.82) is 0 Å². The second kappa shape index (κ2) is 11.9. The lowest BCUT2D eigenvalue weighted by molar-refractivity contribution is -0.131. The van der Waals surface area contributed by atoms with Crippen LogP contribution in [0.25, 0.3) is 0 Å². The van der Waals surface area contributed by atoms with Crippen molar-refractivity contribution < 1.29 is 19.1 Å². The Morgan fingerprint density at radius 1 is 0.893 bits per heavy atom. The fraction of sp³-hybridized carbons (Fsp3) is 0.857. The number of likely N-dealkylation sites (tertiary alicyclic amines) is 1. The number of piperidine rings is 1. The lowest BCUT2D eigenvalue weighted by Crippen LogP contribution is -2.48. The Hall–Kier alpha value is -1.79. The van der Waals surface area contributed by atoms with E-state index in [1.54, 1.807) is 11.8 Å². The maximum atomic E-state index is 12.6. The van der Waals surface area contributed by atoms with Crippen LogP contribution < -0.4 is 10.6 Å². The van der Waals surface area contributed by atoms with E-state index in [4.69, 9.17) is 4.74 Å². The van der Waals surface area contributed by atoms with Gasteiger partial charge in [-0.2, -0.15) is 0 Å². The SMILES string of the molecule is CCCCCNC(=O)C1CCC(C(=O)NC2CCN(C(=O)OCC)CC2)CC1. The summed E-state index contributed by atoms with van der Waals surface area (Å²) in [6.45, 7) is 6.34. The molecule has 0 aromatic heterocycles. The molecule has 1 aliphatic heterocycles. The van der Waals surface area contributed by atoms with E-state index in [0.29, 0.717) is 19.7 Å². The molecule has 0 bridgehead atoms. The van der Waals surface area contributed by atoms with Crippen molar-refractivity contribution in [2.24, 2.45) is 11.8 Å². The molecular weight excluding hydrogens is 358 g/mol. The number of rotatable bonds is 8. The van der Waals surface area contributed by atoms with Crippen molar-refractivity contribution in [3.05, 3.63) is 0 Å². The molecule has 160 valence electrons. The highest BCUT2D eigenvalue weighted by atomic mass is 16.6. The van der Waals surface area contributed by atoms with Crippen LogP contribution in [-0.2, 0) is 14.3 Å². The summed E-state index contributed by atoms with van der Waals surface area (Å²) in [7, 11) is 0. The van der Waals surface area contributed by atoms with E-state index in [2.05, 4.69) is 17.6 Å². The topological polar surface area (TPSA) is 87.7 Å². The molecule has 0 atom stereocenters. The average molecular weight is 396 g/mol. The van der Waals surface area contributed by atoms with E-state index in [-0.39, 0.29) is 35.8 Å². The molecular formula is C21H37N3O4. The highest BCUT2D eigenvalue weighted by Crippen LogP contribution is 2.29. The van der Waals surface area contributed by atoms with E-state index >= 15 is 0 Å². The Kier molecular flexibility index (Phi) is 9.58. The largest absolute Gasteiger partial charge is 0.450 e. The fourth-order valence-electron chi connectivity index (χ4n) is 4.09. The second-order valence-corrected chi connectivity index (χ2v) is 8.02. The third-order valence-electron chi connectivity index (χ3n) is 5.92. The molecule has 1 aliphatic carbocycles. The lowest BCUT2D eigenvalue weighted by atomic mass is 9.81. The number of hydrogen-bond acceptors (Lipinski definition) is 4. The van der Waals surface area contributed by atoms with Crippen LogP contribution >= 0.6 is 0 Å². The second-order valence-electron chi connectivity index (χ2n) is 8.02. The van der Waals surface area contributed by atoms with Gasteiger partial charge < -0.3 is 20.3 Å². The quantitative estimate of drug-likeness (QED) is 0.619. The maximum Gasteiger partial charge on any atom is 0.409 e. The van der Waals surface area contributed by atoms with Gasteiger partial charge in [0.15, 0.2) is 0 Å². The first-order valence-corrected chi connectivity index (χ1v) is 11.0. The van der Waals surface area contributed by atoms with Crippen LogP contribution in [0.2, 0.25) is 0 Å². The molecule has 2 aliphatic rings. The minimum absolute atomic E-state index is 0.00669. The maximum absolute atomic E-state index is 12.6. The predicted molar refractivity (Wildman–Crippen MR) is 108 cm³/mol. The van der Waals surface area contributed by atoms with Crippen molar-refractivity contribution >= 4 is 17.9 Å². The number of unbranched alkanes of at least 4 members (excludes halogenated alkanes) is 2. The van der Waals surface area contributed by atoms with Gasteiger partial charge in [-0.1, -0.05) is 19.8 Å². The summed E-state index contributed by atoms with van der Waals surface area (Å²) in [6, 6.07) is 0.123. The summed E-state index contributed by atoms with van der Waals surface area (Å²) in [6.07, 6.45) is 7.73. The summed E-state index contributed by atoms with van der Waals surface area (Å²) in [5.41, 5.74) is 0. The molecule has 0 spiro atoms. The average Bonchev–Trinajstić information content (AvgIpc) is 2.72. The van der Waals surface area contributed by atoms with Crippen LogP contribution in [0.1, 0.15) is 71.6 Å². The van der Waals surface area contributed by atoms with Gasteiger partial charge in [0.2, 0.25) is 11.8 Å². The number of amides is 3. The monoisotopic (exact) mass is 395 g/mol. The van der Waals surface area contributed by atoms with Crippen molar-refractivity contribution in [2.45, 2.75) is 77.7 Å². The van der Waals surface area contributed by atoms with Gasteiger partial charge in [-0.15, -0.1) is 0 Å². The molecule has 2 N–H and O–H groups in total. The van der Waals surface area contributed by atoms with Crippen LogP contribution in [0.5, 0.6) is 0 Å². The van der Waals surface area contributed by atoms with Crippen molar-refractivity contribution in [2.75, 3.05) is 26.2 Å². The summed E-state index contributed by atoms with van der Waals surface area (Å²) >= 11 is 0. The number of carbonyl (C=O) groups is 3. The first-order valence-electron chi connectivity index (χ1n) is 11.0. The van der Waals surface area contributed by atoms with Gasteiger partial charge in [0, 0.05) is 37.5 Å². The van der Waals surface area contributed by atoms with E-state index < -0.39 is 0 Å². The van der Waals surface area contributed by atoms with Crippen LogP contribution in [0, 0.1) is 11.8 Å². The summed E-state index contributed by atoms with van der Waals surface area (Å²) < 4.78 is 5.03. The zero-order valence-corrected chi connectivity index (χ0v) is 17.5. The van der Waals surface area contributed by atoms with E-state index in [1.165, 1.54) is 0 Å². The molecule has 3 amide bonds. The minimum Gasteiger partial charge on any atom is -0.450 e. The number of carbonyl (C=O) groups excluding carboxylic acids is 3. The third-order valence-corrected chi connectivity index (χ3v) is 5.92. The zero-order chi connectivity index (χ0) is 20.4. The van der Waals surface area contributed by atoms with Crippen LogP contribution in [0.4, 0.5) is 4.79 Å². The molecule has 2 fully saturated rings. The van der Waals surface area contributed by atoms with Gasteiger partial charge in [-0.25, -0.2) is 4.79 Å². The Morgan fingerprint density at radius 3 is 2.07 bits per heavy atom. The van der Waals surface area contributed by atoms with Crippen molar-refractivity contribution in [3.8, 4) is 0 Å². The smallest absolute Gasteiger partial charge is 0.409 e. The van der Waals surface area contributed by atoms with Gasteiger partial charge in [-0.05, 0) is 51.9 Å². The minimum atomic E-state index is -0.265. The number of nitrogens with one attached hydrogen (secondary N) is 2. The van der Waals surface area contributed by atoms with Gasteiger partial charge in [-0.3, -0.25) is 9.59 Å². The normalized spacial score (nSPS) is 23.1. The Morgan fingerprint density at radius 2 is 1.50 bits per heavy atom. The molecule has 0 unspecified atom stereocenters. The molecule has 7 nitrogen and oxygen atoms in total. The Labute approximate surface area is 168 Å². The first kappa shape index (κ1) is 22.5. The van der Waals surface area contributed by atoms with Crippen molar-refractivity contribution in [3.63, 3.8) is 0 Å². The zero-order valence-electron chi connectivity index (χ0n) is 17.5. The van der Waals surface area contributed by atoms with E-state index in [1.807, 2.05) is 0 Å². The van der Waals surface area contributed by atoms with Crippen molar-refractivity contribution in [1.82, 2.24) is 15.5 Å². The highest BCUT2D eigenvalue weighted by Gasteiger charge is 2.31.